The fourth-order valence-electron chi connectivity index (χ4n) is 2.72. The molecule has 0 aliphatic heterocycles. The van der Waals surface area contributed by atoms with Gasteiger partial charge in [-0.2, -0.15) is 0 Å². The Morgan fingerprint density at radius 2 is 1.75 bits per heavy atom. The van der Waals surface area contributed by atoms with Gasteiger partial charge in [0.1, 0.15) is 17.0 Å². The highest BCUT2D eigenvalue weighted by atomic mass is 16.6. The molecule has 10 nitrogen and oxygen atoms in total. The average Bonchev–Trinajstić information content (AvgIpc) is 2.60. The van der Waals surface area contributed by atoms with Gasteiger partial charge < -0.3 is 25.6 Å². The lowest BCUT2D eigenvalue weighted by atomic mass is 10.1. The summed E-state index contributed by atoms with van der Waals surface area (Å²) in [6.45, 7) is 11.5. The van der Waals surface area contributed by atoms with Crippen molar-refractivity contribution < 1.29 is 19.2 Å². The summed E-state index contributed by atoms with van der Waals surface area (Å²) in [5.41, 5.74) is -0.406. The Morgan fingerprint density at radius 3 is 2.31 bits per heavy atom. The van der Waals surface area contributed by atoms with Crippen LogP contribution < -0.4 is 20.9 Å². The van der Waals surface area contributed by atoms with Gasteiger partial charge in [0, 0.05) is 25.7 Å². The van der Waals surface area contributed by atoms with Crippen LogP contribution >= 0.6 is 0 Å². The maximum atomic E-state index is 12.2. The van der Waals surface area contributed by atoms with E-state index in [1.807, 2.05) is 20.8 Å². The third kappa shape index (κ3) is 10.1. The van der Waals surface area contributed by atoms with Crippen molar-refractivity contribution in [2.75, 3.05) is 36.9 Å². The first-order valence-corrected chi connectivity index (χ1v) is 10.3. The number of carbonyl (C=O) groups is 2. The van der Waals surface area contributed by atoms with E-state index >= 15 is 0 Å². The van der Waals surface area contributed by atoms with E-state index in [-0.39, 0.29) is 24.7 Å². The Morgan fingerprint density at radius 1 is 1.12 bits per heavy atom. The number of carbonyl (C=O) groups excluding carboxylic acids is 2. The number of nitrogens with zero attached hydrogens (tertiary/aromatic N) is 2. The van der Waals surface area contributed by atoms with Crippen LogP contribution in [0.4, 0.5) is 21.9 Å². The number of benzene rings is 1. The number of rotatable bonds is 9. The summed E-state index contributed by atoms with van der Waals surface area (Å²) in [4.78, 5) is 36.6. The van der Waals surface area contributed by atoms with Crippen LogP contribution in [-0.2, 0) is 9.53 Å². The molecule has 0 spiro atoms. The molecule has 178 valence electrons. The van der Waals surface area contributed by atoms with Gasteiger partial charge in [-0.15, -0.1) is 0 Å². The minimum atomic E-state index is -0.570. The van der Waals surface area contributed by atoms with Crippen molar-refractivity contribution in [2.45, 2.75) is 52.7 Å². The van der Waals surface area contributed by atoms with Crippen LogP contribution in [0.3, 0.4) is 0 Å². The van der Waals surface area contributed by atoms with E-state index in [0.717, 1.165) is 0 Å². The van der Waals surface area contributed by atoms with Gasteiger partial charge in [0.15, 0.2) is 0 Å². The highest BCUT2D eigenvalue weighted by Crippen LogP contribution is 2.34. The predicted octanol–water partition coefficient (Wildman–Crippen LogP) is 3.44. The summed E-state index contributed by atoms with van der Waals surface area (Å²) in [7, 11) is 1.64. The minimum Gasteiger partial charge on any atom is -0.444 e. The number of nitro groups is 1. The van der Waals surface area contributed by atoms with Gasteiger partial charge >= 0.3 is 11.8 Å². The normalized spacial score (nSPS) is 11.7. The molecule has 32 heavy (non-hydrogen) atoms. The first-order chi connectivity index (χ1) is 14.7. The molecule has 0 fully saturated rings. The summed E-state index contributed by atoms with van der Waals surface area (Å²) < 4.78 is 5.14. The Labute approximate surface area is 189 Å². The number of nitrogens with one attached hydrogen (secondary N) is 3. The summed E-state index contributed by atoms with van der Waals surface area (Å²) in [6.07, 6.45) is 2.95. The maximum Gasteiger partial charge on any atom is 0.407 e. The fourth-order valence-corrected chi connectivity index (χ4v) is 2.72. The number of anilines is 2. The van der Waals surface area contributed by atoms with E-state index in [1.54, 1.807) is 63.1 Å². The number of para-hydroxylation sites is 1. The number of hydrogen-bond donors (Lipinski definition) is 3. The van der Waals surface area contributed by atoms with E-state index in [9.17, 15) is 19.7 Å². The number of ether oxygens (including phenoxy) is 1. The summed E-state index contributed by atoms with van der Waals surface area (Å²) in [5, 5.41) is 20.2. The third-order valence-electron chi connectivity index (χ3n) is 3.84. The molecule has 0 saturated heterocycles. The van der Waals surface area contributed by atoms with Crippen molar-refractivity contribution >= 4 is 29.1 Å². The molecule has 0 aliphatic rings. The van der Waals surface area contributed by atoms with Crippen LogP contribution in [0.1, 0.15) is 41.5 Å². The molecule has 1 rings (SSSR count). The molecule has 0 aromatic heterocycles. The molecule has 0 radical (unpaired) electrons. The lowest BCUT2D eigenvalue weighted by Gasteiger charge is -2.24. The van der Waals surface area contributed by atoms with Crippen LogP contribution in [-0.4, -0.2) is 54.7 Å². The Hall–Kier alpha value is -3.30. The van der Waals surface area contributed by atoms with Gasteiger partial charge in [-0.3, -0.25) is 14.9 Å². The smallest absolute Gasteiger partial charge is 0.407 e. The van der Waals surface area contributed by atoms with E-state index < -0.39 is 22.2 Å². The molecular weight excluding hydrogens is 414 g/mol. The van der Waals surface area contributed by atoms with E-state index in [0.29, 0.717) is 17.9 Å². The molecular formula is C22H35N5O5. The number of nitro benzene ring substituents is 1. The van der Waals surface area contributed by atoms with Crippen LogP contribution in [0, 0.1) is 10.1 Å². The zero-order valence-corrected chi connectivity index (χ0v) is 19.9. The van der Waals surface area contributed by atoms with Gasteiger partial charge in [0.25, 0.3) is 0 Å². The van der Waals surface area contributed by atoms with Gasteiger partial charge in [0.05, 0.1) is 11.5 Å². The standard InChI is InChI=1S/C22H35N5O5/c1-21(2,3)25-18(28)15-26(7)17-12-10-11-16(19(17)27(30)31)23-13-8-9-14-24-20(29)32-22(4,5)6/h8-12,23H,13-15H2,1-7H3,(H,24,29)(H,25,28)/b9-8+. The van der Waals surface area contributed by atoms with Crippen molar-refractivity contribution in [2.24, 2.45) is 0 Å². The Bertz CT molecular complexity index is 840. The van der Waals surface area contributed by atoms with Crippen LogP contribution in [0.5, 0.6) is 0 Å². The van der Waals surface area contributed by atoms with Gasteiger partial charge in [0.2, 0.25) is 5.91 Å². The second-order valence-corrected chi connectivity index (χ2v) is 9.32. The predicted molar refractivity (Wildman–Crippen MR) is 126 cm³/mol. The van der Waals surface area contributed by atoms with Crippen LogP contribution in [0.25, 0.3) is 0 Å². The van der Waals surface area contributed by atoms with Crippen LogP contribution in [0.15, 0.2) is 30.4 Å². The quantitative estimate of drug-likeness (QED) is 0.299. The van der Waals surface area contributed by atoms with Gasteiger partial charge in [-0.25, -0.2) is 4.79 Å². The summed E-state index contributed by atoms with van der Waals surface area (Å²) in [6, 6.07) is 4.91. The molecule has 1 aromatic rings. The highest BCUT2D eigenvalue weighted by Gasteiger charge is 2.24. The molecule has 3 N–H and O–H groups in total. The zero-order valence-electron chi connectivity index (χ0n) is 19.9. The van der Waals surface area contributed by atoms with Crippen molar-refractivity contribution in [1.29, 1.82) is 0 Å². The van der Waals surface area contributed by atoms with Crippen molar-refractivity contribution in [3.63, 3.8) is 0 Å². The summed E-state index contributed by atoms with van der Waals surface area (Å²) >= 11 is 0. The van der Waals surface area contributed by atoms with E-state index in [2.05, 4.69) is 16.0 Å². The van der Waals surface area contributed by atoms with E-state index in [1.165, 1.54) is 0 Å². The monoisotopic (exact) mass is 449 g/mol. The molecule has 0 bridgehead atoms. The first kappa shape index (κ1) is 26.7. The summed E-state index contributed by atoms with van der Waals surface area (Å²) in [5.74, 6) is -0.229. The Kier molecular flexibility index (Phi) is 9.49. The average molecular weight is 450 g/mol. The lowest BCUT2D eigenvalue weighted by Crippen LogP contribution is -2.45. The largest absolute Gasteiger partial charge is 0.444 e. The second-order valence-electron chi connectivity index (χ2n) is 9.32. The van der Waals surface area contributed by atoms with Gasteiger partial charge in [-0.05, 0) is 53.7 Å². The molecule has 2 amide bonds. The SMILES string of the molecule is CN(CC(=O)NC(C)(C)C)c1cccc(NC/C=C/CNC(=O)OC(C)(C)C)c1[N+](=O)[O-]. The van der Waals surface area contributed by atoms with Crippen LogP contribution in [0.2, 0.25) is 0 Å². The highest BCUT2D eigenvalue weighted by molar-refractivity contribution is 5.85. The first-order valence-electron chi connectivity index (χ1n) is 10.3. The molecule has 0 unspecified atom stereocenters. The van der Waals surface area contributed by atoms with E-state index in [4.69, 9.17) is 4.74 Å². The van der Waals surface area contributed by atoms with Gasteiger partial charge in [-0.1, -0.05) is 18.2 Å². The second kappa shape index (κ2) is 11.4. The number of hydrogen-bond acceptors (Lipinski definition) is 7. The molecule has 1 aromatic carbocycles. The number of amides is 2. The molecule has 0 saturated carbocycles. The zero-order chi connectivity index (χ0) is 24.5. The number of likely N-dealkylation sites (N-methyl/N-ethyl adjacent to an activating group) is 1. The van der Waals surface area contributed by atoms with Crippen molar-refractivity contribution in [3.8, 4) is 0 Å². The third-order valence-corrected chi connectivity index (χ3v) is 3.84. The van der Waals surface area contributed by atoms with Crippen molar-refractivity contribution in [1.82, 2.24) is 10.6 Å². The topological polar surface area (TPSA) is 126 Å². The maximum absolute atomic E-state index is 12.2. The number of alkyl carbamates (subject to hydrolysis) is 1. The molecule has 0 aliphatic carbocycles. The fraction of sp³-hybridized carbons (Fsp3) is 0.545. The molecule has 10 heteroatoms. The van der Waals surface area contributed by atoms with Crippen molar-refractivity contribution in [3.05, 3.63) is 40.5 Å². The minimum absolute atomic E-state index is 0.0161. The molecule has 0 atom stereocenters. The molecule has 0 heterocycles. The lowest BCUT2D eigenvalue weighted by molar-refractivity contribution is -0.383. The Balaban J connectivity index is 2.75.